The van der Waals surface area contributed by atoms with Gasteiger partial charge in [0.05, 0.1) is 11.5 Å². The molecule has 0 amide bonds. The molecule has 0 aliphatic rings. The van der Waals surface area contributed by atoms with Crippen molar-refractivity contribution in [2.45, 2.75) is 18.0 Å². The van der Waals surface area contributed by atoms with E-state index in [2.05, 4.69) is 15.0 Å². The smallest absolute Gasteiger partial charge is 0.240 e. The van der Waals surface area contributed by atoms with E-state index in [-0.39, 0.29) is 35.4 Å². The molecule has 0 aromatic heterocycles. The van der Waals surface area contributed by atoms with Crippen molar-refractivity contribution in [2.24, 2.45) is 4.99 Å². The fraction of sp³-hybridized carbons (Fsp3) is 0.350. The van der Waals surface area contributed by atoms with Gasteiger partial charge in [0.1, 0.15) is 0 Å². The van der Waals surface area contributed by atoms with Crippen LogP contribution in [0.25, 0.3) is 0 Å². The lowest BCUT2D eigenvalue weighted by Gasteiger charge is -2.22. The molecular formula is C20H28ClIN4O3S. The van der Waals surface area contributed by atoms with E-state index in [1.54, 1.807) is 25.2 Å². The number of nitrogens with zero attached hydrogens (tertiary/aromatic N) is 2. The molecule has 0 spiro atoms. The van der Waals surface area contributed by atoms with Crippen LogP contribution in [-0.2, 0) is 27.8 Å². The Morgan fingerprint density at radius 2 is 1.87 bits per heavy atom. The highest BCUT2D eigenvalue weighted by Crippen LogP contribution is 2.13. The van der Waals surface area contributed by atoms with Gasteiger partial charge in [-0.1, -0.05) is 35.9 Å². The average molecular weight is 567 g/mol. The third-order valence-electron chi connectivity index (χ3n) is 4.16. The lowest BCUT2D eigenvalue weighted by molar-refractivity contribution is 0.204. The van der Waals surface area contributed by atoms with Gasteiger partial charge in [0, 0.05) is 45.9 Å². The van der Waals surface area contributed by atoms with Gasteiger partial charge in [0.15, 0.2) is 5.96 Å². The van der Waals surface area contributed by atoms with Crippen LogP contribution in [0, 0.1) is 0 Å². The van der Waals surface area contributed by atoms with Crippen LogP contribution in [0.15, 0.2) is 58.4 Å². The van der Waals surface area contributed by atoms with Crippen LogP contribution < -0.4 is 10.0 Å². The zero-order chi connectivity index (χ0) is 21.3. The standard InChI is InChI=1S/C20H27ClN4O3S.HI/c1-22-20(25(2)15-16-7-9-18(21)10-8-16)23-14-17-5-4-6-19(13-17)29(26,27)24-11-12-28-3;/h4-10,13,24H,11-12,14-15H2,1-3H3,(H,22,23);1H. The largest absolute Gasteiger partial charge is 0.383 e. The number of methoxy groups -OCH3 is 1. The molecule has 0 unspecified atom stereocenters. The minimum atomic E-state index is -3.57. The Morgan fingerprint density at radius 3 is 2.50 bits per heavy atom. The van der Waals surface area contributed by atoms with Gasteiger partial charge in [0.2, 0.25) is 10.0 Å². The summed E-state index contributed by atoms with van der Waals surface area (Å²) >= 11 is 5.93. The molecule has 0 radical (unpaired) electrons. The molecule has 2 aromatic carbocycles. The minimum absolute atomic E-state index is 0. The van der Waals surface area contributed by atoms with E-state index in [1.165, 1.54) is 7.11 Å². The van der Waals surface area contributed by atoms with Gasteiger partial charge in [-0.2, -0.15) is 0 Å². The molecule has 2 rings (SSSR count). The third-order valence-corrected chi connectivity index (χ3v) is 5.87. The topological polar surface area (TPSA) is 83.0 Å². The third kappa shape index (κ3) is 8.38. The normalized spacial score (nSPS) is 11.7. The van der Waals surface area contributed by atoms with Crippen molar-refractivity contribution in [3.05, 3.63) is 64.7 Å². The summed E-state index contributed by atoms with van der Waals surface area (Å²) in [6, 6.07) is 14.5. The maximum absolute atomic E-state index is 12.4. The lowest BCUT2D eigenvalue weighted by Crippen LogP contribution is -2.38. The van der Waals surface area contributed by atoms with Crippen LogP contribution in [-0.4, -0.2) is 53.6 Å². The first-order valence-corrected chi connectivity index (χ1v) is 11.0. The number of aliphatic imine (C=N–C) groups is 1. The Bertz CT molecular complexity index is 924. The highest BCUT2D eigenvalue weighted by atomic mass is 127. The molecule has 2 N–H and O–H groups in total. The molecule has 0 aliphatic carbocycles. The van der Waals surface area contributed by atoms with Gasteiger partial charge in [0.25, 0.3) is 0 Å². The fourth-order valence-corrected chi connectivity index (χ4v) is 3.90. The number of nitrogens with one attached hydrogen (secondary N) is 2. The molecular weight excluding hydrogens is 539 g/mol. The van der Waals surface area contributed by atoms with E-state index in [9.17, 15) is 8.42 Å². The van der Waals surface area contributed by atoms with E-state index < -0.39 is 10.0 Å². The fourth-order valence-electron chi connectivity index (χ4n) is 2.69. The highest BCUT2D eigenvalue weighted by Gasteiger charge is 2.14. The Labute approximate surface area is 200 Å². The molecule has 0 saturated heterocycles. The number of hydrogen-bond acceptors (Lipinski definition) is 4. The van der Waals surface area contributed by atoms with Gasteiger partial charge in [-0.25, -0.2) is 13.1 Å². The summed E-state index contributed by atoms with van der Waals surface area (Å²) in [6.07, 6.45) is 0. The van der Waals surface area contributed by atoms with Crippen molar-refractivity contribution in [3.63, 3.8) is 0 Å². The zero-order valence-corrected chi connectivity index (χ0v) is 21.2. The van der Waals surface area contributed by atoms with Crippen LogP contribution in [0.5, 0.6) is 0 Å². The second kappa shape index (κ2) is 13.1. The molecule has 30 heavy (non-hydrogen) atoms. The molecule has 0 heterocycles. The Hall–Kier alpha value is -1.40. The molecule has 0 fully saturated rings. The number of hydrogen-bond donors (Lipinski definition) is 2. The summed E-state index contributed by atoms with van der Waals surface area (Å²) in [5.74, 6) is 0.700. The Balaban J connectivity index is 0.00000450. The minimum Gasteiger partial charge on any atom is -0.383 e. The maximum atomic E-state index is 12.4. The predicted molar refractivity (Wildman–Crippen MR) is 132 cm³/mol. The SMILES string of the molecule is CN=C(NCc1cccc(S(=O)(=O)NCCOC)c1)N(C)Cc1ccc(Cl)cc1.I. The second-order valence-electron chi connectivity index (χ2n) is 6.42. The van der Waals surface area contributed by atoms with Crippen molar-refractivity contribution in [1.29, 1.82) is 0 Å². The van der Waals surface area contributed by atoms with Crippen molar-refractivity contribution >= 4 is 51.6 Å². The molecule has 0 saturated carbocycles. The van der Waals surface area contributed by atoms with E-state index in [1.807, 2.05) is 42.3 Å². The number of sulfonamides is 1. The second-order valence-corrected chi connectivity index (χ2v) is 8.62. The van der Waals surface area contributed by atoms with Gasteiger partial charge < -0.3 is 15.0 Å². The van der Waals surface area contributed by atoms with Gasteiger partial charge in [-0.15, -0.1) is 24.0 Å². The van der Waals surface area contributed by atoms with Crippen molar-refractivity contribution in [2.75, 3.05) is 34.4 Å². The zero-order valence-electron chi connectivity index (χ0n) is 17.3. The molecule has 2 aromatic rings. The van der Waals surface area contributed by atoms with E-state index in [0.29, 0.717) is 30.7 Å². The Morgan fingerprint density at radius 1 is 1.17 bits per heavy atom. The molecule has 10 heteroatoms. The number of ether oxygens (including phenoxy) is 1. The summed E-state index contributed by atoms with van der Waals surface area (Å²) in [7, 11) is 1.60. The molecule has 0 bridgehead atoms. The van der Waals surface area contributed by atoms with Crippen LogP contribution >= 0.6 is 35.6 Å². The summed E-state index contributed by atoms with van der Waals surface area (Å²) < 4.78 is 32.1. The molecule has 166 valence electrons. The summed E-state index contributed by atoms with van der Waals surface area (Å²) in [4.78, 5) is 6.50. The van der Waals surface area contributed by atoms with Gasteiger partial charge >= 0.3 is 0 Å². The summed E-state index contributed by atoms with van der Waals surface area (Å²) in [5.41, 5.74) is 1.94. The van der Waals surface area contributed by atoms with Crippen molar-refractivity contribution < 1.29 is 13.2 Å². The predicted octanol–water partition coefficient (Wildman–Crippen LogP) is 3.09. The van der Waals surface area contributed by atoms with Crippen molar-refractivity contribution in [3.8, 4) is 0 Å². The molecule has 0 atom stereocenters. The number of benzene rings is 2. The first-order chi connectivity index (χ1) is 13.9. The monoisotopic (exact) mass is 566 g/mol. The summed E-state index contributed by atoms with van der Waals surface area (Å²) in [5, 5.41) is 3.96. The molecule has 7 nitrogen and oxygen atoms in total. The van der Waals surface area contributed by atoms with E-state index >= 15 is 0 Å². The average Bonchev–Trinajstić information content (AvgIpc) is 2.70. The Kier molecular flexibility index (Phi) is 11.6. The van der Waals surface area contributed by atoms with Crippen LogP contribution in [0.4, 0.5) is 0 Å². The lowest BCUT2D eigenvalue weighted by atomic mass is 10.2. The highest BCUT2D eigenvalue weighted by molar-refractivity contribution is 14.0. The summed E-state index contributed by atoms with van der Waals surface area (Å²) in [6.45, 7) is 1.65. The van der Waals surface area contributed by atoms with Crippen LogP contribution in [0.3, 0.4) is 0 Å². The van der Waals surface area contributed by atoms with Crippen molar-refractivity contribution in [1.82, 2.24) is 14.9 Å². The number of rotatable bonds is 9. The quantitative estimate of drug-likeness (QED) is 0.211. The first kappa shape index (κ1) is 26.6. The van der Waals surface area contributed by atoms with Gasteiger partial charge in [-0.05, 0) is 35.4 Å². The first-order valence-electron chi connectivity index (χ1n) is 9.09. The number of halogens is 2. The van der Waals surface area contributed by atoms with E-state index in [0.717, 1.165) is 11.1 Å². The number of guanidine groups is 1. The van der Waals surface area contributed by atoms with Crippen LogP contribution in [0.1, 0.15) is 11.1 Å². The molecule has 0 aliphatic heterocycles. The van der Waals surface area contributed by atoms with Gasteiger partial charge in [-0.3, -0.25) is 4.99 Å². The van der Waals surface area contributed by atoms with E-state index in [4.69, 9.17) is 16.3 Å². The maximum Gasteiger partial charge on any atom is 0.240 e. The van der Waals surface area contributed by atoms with Crippen LogP contribution in [0.2, 0.25) is 5.02 Å².